The van der Waals surface area contributed by atoms with Gasteiger partial charge in [-0.05, 0) is 67.4 Å². The highest BCUT2D eigenvalue weighted by molar-refractivity contribution is 5.33. The van der Waals surface area contributed by atoms with Crippen molar-refractivity contribution >= 4 is 0 Å². The van der Waals surface area contributed by atoms with Crippen LogP contribution in [0.15, 0.2) is 23.3 Å². The second-order valence-corrected chi connectivity index (χ2v) is 7.63. The van der Waals surface area contributed by atoms with Crippen molar-refractivity contribution in [2.24, 2.45) is 23.2 Å². The van der Waals surface area contributed by atoms with Gasteiger partial charge in [-0.2, -0.15) is 0 Å². The van der Waals surface area contributed by atoms with Gasteiger partial charge in [-0.1, -0.05) is 26.0 Å². The van der Waals surface area contributed by atoms with Gasteiger partial charge in [0.25, 0.3) is 0 Å². The van der Waals surface area contributed by atoms with Crippen LogP contribution in [0, 0.1) is 23.2 Å². The molecule has 0 aromatic carbocycles. The molecular weight excluding hydrogens is 248 g/mol. The fourth-order valence-corrected chi connectivity index (χ4v) is 4.76. The minimum Gasteiger partial charge on any atom is -0.393 e. The smallest absolute Gasteiger partial charge is 0.0810 e. The van der Waals surface area contributed by atoms with Gasteiger partial charge in [0.15, 0.2) is 0 Å². The van der Waals surface area contributed by atoms with Crippen LogP contribution in [0.5, 0.6) is 0 Å². The van der Waals surface area contributed by atoms with E-state index in [-0.39, 0.29) is 23.5 Å². The maximum absolute atomic E-state index is 10.2. The minimum atomic E-state index is -0.305. The first-order valence-corrected chi connectivity index (χ1v) is 8.18. The molecule has 0 amide bonds. The predicted molar refractivity (Wildman–Crippen MR) is 81.2 cm³/mol. The molecule has 0 heterocycles. The van der Waals surface area contributed by atoms with Gasteiger partial charge in [0.1, 0.15) is 0 Å². The van der Waals surface area contributed by atoms with Gasteiger partial charge in [0.2, 0.25) is 0 Å². The zero-order valence-electron chi connectivity index (χ0n) is 13.0. The van der Waals surface area contributed by atoms with Crippen molar-refractivity contribution in [2.75, 3.05) is 0 Å². The lowest BCUT2D eigenvalue weighted by molar-refractivity contribution is 0.00430. The van der Waals surface area contributed by atoms with Crippen molar-refractivity contribution in [3.63, 3.8) is 0 Å². The molecule has 0 aliphatic heterocycles. The monoisotopic (exact) mass is 276 g/mol. The topological polar surface area (TPSA) is 40.5 Å². The first kappa shape index (κ1) is 14.3. The Morgan fingerprint density at radius 1 is 1.20 bits per heavy atom. The molecule has 0 aromatic heterocycles. The van der Waals surface area contributed by atoms with E-state index < -0.39 is 0 Å². The normalized spacial score (nSPS) is 48.5. The van der Waals surface area contributed by atoms with Crippen LogP contribution >= 0.6 is 0 Å². The number of hydrogen-bond donors (Lipinski definition) is 2. The molecule has 2 nitrogen and oxygen atoms in total. The number of rotatable bonds is 1. The van der Waals surface area contributed by atoms with Crippen molar-refractivity contribution in [3.8, 4) is 0 Å². The van der Waals surface area contributed by atoms with E-state index in [4.69, 9.17) is 0 Å². The SMILES string of the molecule is CC1=CC(C2CC[C@@]3(C)[C@H](CC[C@@H]3O)C2)=CC(C)C1O. The third-order valence-corrected chi connectivity index (χ3v) is 6.37. The van der Waals surface area contributed by atoms with E-state index >= 15 is 0 Å². The molecule has 0 radical (unpaired) electrons. The van der Waals surface area contributed by atoms with Gasteiger partial charge in [-0.15, -0.1) is 0 Å². The van der Waals surface area contributed by atoms with Gasteiger partial charge in [0, 0.05) is 5.92 Å². The van der Waals surface area contributed by atoms with Gasteiger partial charge >= 0.3 is 0 Å². The van der Waals surface area contributed by atoms with Crippen LogP contribution in [0.4, 0.5) is 0 Å². The Labute approximate surface area is 122 Å². The molecule has 3 aliphatic carbocycles. The third-order valence-electron chi connectivity index (χ3n) is 6.37. The Kier molecular flexibility index (Phi) is 3.58. The summed E-state index contributed by atoms with van der Waals surface area (Å²) in [5, 5.41) is 20.3. The second kappa shape index (κ2) is 4.99. The maximum Gasteiger partial charge on any atom is 0.0810 e. The summed E-state index contributed by atoms with van der Waals surface area (Å²) in [6.45, 7) is 6.43. The van der Waals surface area contributed by atoms with Gasteiger partial charge in [-0.25, -0.2) is 0 Å². The molecule has 2 saturated carbocycles. The fourth-order valence-electron chi connectivity index (χ4n) is 4.76. The van der Waals surface area contributed by atoms with Gasteiger partial charge < -0.3 is 10.2 Å². The van der Waals surface area contributed by atoms with Crippen molar-refractivity contribution < 1.29 is 10.2 Å². The summed E-state index contributed by atoms with van der Waals surface area (Å²) in [6.07, 6.45) is 9.80. The highest BCUT2D eigenvalue weighted by atomic mass is 16.3. The molecule has 20 heavy (non-hydrogen) atoms. The minimum absolute atomic E-state index is 0.0909. The Hall–Kier alpha value is -0.600. The van der Waals surface area contributed by atoms with Crippen molar-refractivity contribution in [3.05, 3.63) is 23.3 Å². The number of fused-ring (bicyclic) bond motifs is 1. The first-order chi connectivity index (χ1) is 9.41. The van der Waals surface area contributed by atoms with E-state index in [1.165, 1.54) is 24.8 Å². The highest BCUT2D eigenvalue weighted by Gasteiger charge is 2.49. The summed E-state index contributed by atoms with van der Waals surface area (Å²) in [4.78, 5) is 0. The zero-order chi connectivity index (χ0) is 14.5. The van der Waals surface area contributed by atoms with Crippen LogP contribution in [-0.2, 0) is 0 Å². The molecule has 2 N–H and O–H groups in total. The molecule has 2 fully saturated rings. The van der Waals surface area contributed by atoms with Crippen molar-refractivity contribution in [1.29, 1.82) is 0 Å². The van der Waals surface area contributed by atoms with Crippen LogP contribution in [0.2, 0.25) is 0 Å². The summed E-state index contributed by atoms with van der Waals surface area (Å²) < 4.78 is 0. The third kappa shape index (κ3) is 2.17. The molecule has 3 unspecified atom stereocenters. The van der Waals surface area contributed by atoms with Crippen molar-refractivity contribution in [1.82, 2.24) is 0 Å². The summed E-state index contributed by atoms with van der Waals surface area (Å²) in [5.41, 5.74) is 2.70. The molecule has 112 valence electrons. The Bertz CT molecular complexity index is 450. The number of allylic oxidation sites excluding steroid dienone is 2. The van der Waals surface area contributed by atoms with Crippen LogP contribution in [0.3, 0.4) is 0 Å². The zero-order valence-corrected chi connectivity index (χ0v) is 13.0. The Balaban J connectivity index is 1.77. The quantitative estimate of drug-likeness (QED) is 0.770. The van der Waals surface area contributed by atoms with Crippen LogP contribution in [0.1, 0.15) is 52.9 Å². The van der Waals surface area contributed by atoms with E-state index in [0.29, 0.717) is 11.8 Å². The number of aliphatic hydroxyl groups is 2. The first-order valence-electron chi connectivity index (χ1n) is 8.18. The number of aliphatic hydroxyl groups excluding tert-OH is 2. The summed E-state index contributed by atoms with van der Waals surface area (Å²) in [6, 6.07) is 0. The molecular formula is C18H28O2. The van der Waals surface area contributed by atoms with Crippen molar-refractivity contribution in [2.45, 2.75) is 65.1 Å². The van der Waals surface area contributed by atoms with E-state index in [2.05, 4.69) is 26.0 Å². The lowest BCUT2D eigenvalue weighted by atomic mass is 9.63. The summed E-state index contributed by atoms with van der Waals surface area (Å²) in [7, 11) is 0. The molecule has 0 bridgehead atoms. The second-order valence-electron chi connectivity index (χ2n) is 7.63. The van der Waals surface area contributed by atoms with Crippen LogP contribution in [-0.4, -0.2) is 22.4 Å². The lowest BCUT2D eigenvalue weighted by Gasteiger charge is -2.43. The number of hydrogen-bond acceptors (Lipinski definition) is 2. The van der Waals surface area contributed by atoms with Crippen LogP contribution < -0.4 is 0 Å². The average Bonchev–Trinajstić information content (AvgIpc) is 2.71. The molecule has 0 saturated heterocycles. The van der Waals surface area contributed by atoms with Gasteiger partial charge in [-0.3, -0.25) is 0 Å². The largest absolute Gasteiger partial charge is 0.393 e. The molecule has 0 spiro atoms. The average molecular weight is 276 g/mol. The standard InChI is InChI=1S/C18H28O2/c1-11-8-14(9-12(2)17(11)20)13-6-7-18(3)15(10-13)4-5-16(18)19/h8-9,11,13,15-17,19-20H,4-7,10H2,1-3H3/t11?,13?,15-,16+,17?,18+/m1/s1. The Morgan fingerprint density at radius 3 is 2.65 bits per heavy atom. The van der Waals surface area contributed by atoms with E-state index in [1.54, 1.807) is 0 Å². The Morgan fingerprint density at radius 2 is 1.95 bits per heavy atom. The lowest BCUT2D eigenvalue weighted by Crippen LogP contribution is -2.38. The predicted octanol–water partition coefficient (Wildman–Crippen LogP) is 3.45. The molecule has 0 aromatic rings. The fraction of sp³-hybridized carbons (Fsp3) is 0.778. The molecule has 3 aliphatic rings. The molecule has 3 rings (SSSR count). The summed E-state index contributed by atoms with van der Waals surface area (Å²) in [5.74, 6) is 1.54. The maximum atomic E-state index is 10.2. The van der Waals surface area contributed by atoms with E-state index in [1.807, 2.05) is 6.92 Å². The molecule has 6 atom stereocenters. The molecule has 2 heteroatoms. The van der Waals surface area contributed by atoms with E-state index in [9.17, 15) is 10.2 Å². The van der Waals surface area contributed by atoms with Gasteiger partial charge in [0.05, 0.1) is 12.2 Å². The highest BCUT2D eigenvalue weighted by Crippen LogP contribution is 2.55. The summed E-state index contributed by atoms with van der Waals surface area (Å²) >= 11 is 0. The van der Waals surface area contributed by atoms with Crippen LogP contribution in [0.25, 0.3) is 0 Å². The van der Waals surface area contributed by atoms with E-state index in [0.717, 1.165) is 18.4 Å².